The van der Waals surface area contributed by atoms with Crippen LogP contribution in [-0.4, -0.2) is 47.4 Å². The van der Waals surface area contributed by atoms with E-state index in [4.69, 9.17) is 9.84 Å². The van der Waals surface area contributed by atoms with Crippen LogP contribution in [0.5, 0.6) is 5.75 Å². The number of likely N-dealkylation sites (tertiary alicyclic amines) is 1. The summed E-state index contributed by atoms with van der Waals surface area (Å²) in [5.41, 5.74) is 0.906. The van der Waals surface area contributed by atoms with E-state index < -0.39 is 18.0 Å². The highest BCUT2D eigenvalue weighted by molar-refractivity contribution is 5.74. The molecule has 1 amide bonds. The van der Waals surface area contributed by atoms with Gasteiger partial charge in [0.2, 0.25) is 0 Å². The van der Waals surface area contributed by atoms with E-state index in [-0.39, 0.29) is 12.5 Å². The Balaban J connectivity index is 2.20. The van der Waals surface area contributed by atoms with Gasteiger partial charge >= 0.3 is 12.1 Å². The van der Waals surface area contributed by atoms with Crippen LogP contribution in [0.25, 0.3) is 0 Å². The van der Waals surface area contributed by atoms with Crippen LogP contribution in [0.2, 0.25) is 0 Å². The summed E-state index contributed by atoms with van der Waals surface area (Å²) in [6, 6.07) is 7.27. The molecule has 0 saturated carbocycles. The molecule has 2 rings (SSSR count). The molecule has 2 atom stereocenters. The van der Waals surface area contributed by atoms with Crippen molar-refractivity contribution in [3.63, 3.8) is 0 Å². The number of ether oxygens (including phenoxy) is 1. The Bertz CT molecular complexity index is 499. The molecular formula is C14H17NO5. The molecule has 20 heavy (non-hydrogen) atoms. The fourth-order valence-corrected chi connectivity index (χ4v) is 2.63. The summed E-state index contributed by atoms with van der Waals surface area (Å²) in [6.45, 7) is 0.386. The van der Waals surface area contributed by atoms with E-state index in [1.807, 2.05) is 12.1 Å². The average Bonchev–Trinajstić information content (AvgIpc) is 2.46. The molecule has 1 saturated heterocycles. The lowest BCUT2D eigenvalue weighted by Crippen LogP contribution is -2.45. The number of carboxylic acids is 1. The molecule has 0 radical (unpaired) electrons. The van der Waals surface area contributed by atoms with Crippen molar-refractivity contribution in [1.29, 1.82) is 0 Å². The zero-order valence-electron chi connectivity index (χ0n) is 11.2. The molecule has 1 aliphatic heterocycles. The summed E-state index contributed by atoms with van der Waals surface area (Å²) >= 11 is 0. The van der Waals surface area contributed by atoms with E-state index >= 15 is 0 Å². The molecule has 0 aliphatic carbocycles. The van der Waals surface area contributed by atoms with Crippen molar-refractivity contribution in [2.45, 2.75) is 12.3 Å². The van der Waals surface area contributed by atoms with E-state index in [9.17, 15) is 14.7 Å². The lowest BCUT2D eigenvalue weighted by Gasteiger charge is -2.35. The van der Waals surface area contributed by atoms with Crippen LogP contribution in [0.4, 0.5) is 4.79 Å². The number of hydrogen-bond acceptors (Lipinski definition) is 3. The van der Waals surface area contributed by atoms with Crippen LogP contribution in [0, 0.1) is 5.92 Å². The number of aliphatic carboxylic acids is 1. The SMILES string of the molecule is COc1ccc([C@@H]2CCN(C(=O)O)C[C@H]2C(=O)O)cc1. The van der Waals surface area contributed by atoms with E-state index in [1.165, 1.54) is 4.90 Å². The third-order valence-corrected chi connectivity index (χ3v) is 3.74. The summed E-state index contributed by atoms with van der Waals surface area (Å²) in [5, 5.41) is 18.3. The molecule has 6 nitrogen and oxygen atoms in total. The Labute approximate surface area is 116 Å². The number of carbonyl (C=O) groups is 2. The predicted molar refractivity (Wildman–Crippen MR) is 71.1 cm³/mol. The number of nitrogens with zero attached hydrogens (tertiary/aromatic N) is 1. The van der Waals surface area contributed by atoms with Crippen molar-refractivity contribution in [1.82, 2.24) is 4.90 Å². The van der Waals surface area contributed by atoms with Crippen molar-refractivity contribution in [3.8, 4) is 5.75 Å². The Hall–Kier alpha value is -2.24. The number of piperidine rings is 1. The average molecular weight is 279 g/mol. The Kier molecular flexibility index (Phi) is 4.12. The quantitative estimate of drug-likeness (QED) is 0.882. The second-order valence-corrected chi connectivity index (χ2v) is 4.84. The first-order chi connectivity index (χ1) is 9.52. The molecule has 6 heteroatoms. The number of carboxylic acid groups (broad SMARTS) is 2. The number of amides is 1. The van der Waals surface area contributed by atoms with Gasteiger partial charge in [-0.25, -0.2) is 4.79 Å². The van der Waals surface area contributed by atoms with Crippen molar-refractivity contribution < 1.29 is 24.5 Å². The highest BCUT2D eigenvalue weighted by Gasteiger charge is 2.36. The molecule has 2 N–H and O–H groups in total. The zero-order chi connectivity index (χ0) is 14.7. The van der Waals surface area contributed by atoms with Crippen molar-refractivity contribution >= 4 is 12.1 Å². The fourth-order valence-electron chi connectivity index (χ4n) is 2.63. The van der Waals surface area contributed by atoms with Crippen LogP contribution >= 0.6 is 0 Å². The second-order valence-electron chi connectivity index (χ2n) is 4.84. The Morgan fingerprint density at radius 3 is 2.40 bits per heavy atom. The normalized spacial score (nSPS) is 22.4. The van der Waals surface area contributed by atoms with Gasteiger partial charge in [0.15, 0.2) is 0 Å². The molecule has 108 valence electrons. The Morgan fingerprint density at radius 1 is 1.25 bits per heavy atom. The van der Waals surface area contributed by atoms with E-state index in [0.717, 1.165) is 5.56 Å². The first-order valence-corrected chi connectivity index (χ1v) is 6.37. The first kappa shape index (κ1) is 14.2. The van der Waals surface area contributed by atoms with Gasteiger partial charge < -0.3 is 19.8 Å². The third-order valence-electron chi connectivity index (χ3n) is 3.74. The molecule has 0 aromatic heterocycles. The van der Waals surface area contributed by atoms with Gasteiger partial charge in [-0.05, 0) is 24.1 Å². The second kappa shape index (κ2) is 5.81. The van der Waals surface area contributed by atoms with E-state index in [1.54, 1.807) is 19.2 Å². The minimum atomic E-state index is -1.07. The van der Waals surface area contributed by atoms with Crippen LogP contribution in [0.3, 0.4) is 0 Å². The summed E-state index contributed by atoms with van der Waals surface area (Å²) in [4.78, 5) is 23.5. The van der Waals surface area contributed by atoms with Gasteiger partial charge in [-0.1, -0.05) is 12.1 Å². The number of hydrogen-bond donors (Lipinski definition) is 2. The molecule has 0 bridgehead atoms. The first-order valence-electron chi connectivity index (χ1n) is 6.37. The molecule has 1 heterocycles. The van der Waals surface area contributed by atoms with Crippen molar-refractivity contribution in [2.24, 2.45) is 5.92 Å². The fraction of sp³-hybridized carbons (Fsp3) is 0.429. The number of methoxy groups -OCH3 is 1. The molecular weight excluding hydrogens is 262 g/mol. The van der Waals surface area contributed by atoms with Crippen LogP contribution in [0.1, 0.15) is 17.9 Å². The molecule has 1 aromatic rings. The smallest absolute Gasteiger partial charge is 0.407 e. The highest BCUT2D eigenvalue weighted by atomic mass is 16.5. The number of benzene rings is 1. The van der Waals surface area contributed by atoms with E-state index in [2.05, 4.69) is 0 Å². The number of rotatable bonds is 3. The predicted octanol–water partition coefficient (Wildman–Crippen LogP) is 1.86. The maximum absolute atomic E-state index is 11.4. The maximum atomic E-state index is 11.4. The summed E-state index contributed by atoms with van der Waals surface area (Å²) in [6.07, 6.45) is -0.556. The maximum Gasteiger partial charge on any atom is 0.407 e. The monoisotopic (exact) mass is 279 g/mol. The van der Waals surface area contributed by atoms with Crippen LogP contribution in [0.15, 0.2) is 24.3 Å². The standard InChI is InChI=1S/C14H17NO5/c1-20-10-4-2-9(3-5-10)11-6-7-15(14(18)19)8-12(11)13(16)17/h2-5,11-12H,6-8H2,1H3,(H,16,17)(H,18,19)/t11-,12+/m0/s1. The van der Waals surface area contributed by atoms with Crippen LogP contribution in [-0.2, 0) is 4.79 Å². The molecule has 1 aromatic carbocycles. The molecule has 0 spiro atoms. The van der Waals surface area contributed by atoms with E-state index in [0.29, 0.717) is 18.7 Å². The summed E-state index contributed by atoms with van der Waals surface area (Å²) in [7, 11) is 1.57. The molecule has 1 aliphatic rings. The van der Waals surface area contributed by atoms with Gasteiger partial charge in [-0.3, -0.25) is 4.79 Å². The summed E-state index contributed by atoms with van der Waals surface area (Å²) < 4.78 is 5.08. The zero-order valence-corrected chi connectivity index (χ0v) is 11.2. The Morgan fingerprint density at radius 2 is 1.90 bits per heavy atom. The largest absolute Gasteiger partial charge is 0.497 e. The van der Waals surface area contributed by atoms with Crippen molar-refractivity contribution in [2.75, 3.05) is 20.2 Å². The molecule has 1 fully saturated rings. The van der Waals surface area contributed by atoms with Crippen LogP contribution < -0.4 is 4.74 Å². The van der Waals surface area contributed by atoms with Gasteiger partial charge in [0.1, 0.15) is 5.75 Å². The minimum Gasteiger partial charge on any atom is -0.497 e. The third kappa shape index (κ3) is 2.84. The molecule has 0 unspecified atom stereocenters. The minimum absolute atomic E-state index is 0.0291. The van der Waals surface area contributed by atoms with Gasteiger partial charge in [0, 0.05) is 19.0 Å². The van der Waals surface area contributed by atoms with Gasteiger partial charge in [0.25, 0.3) is 0 Å². The lowest BCUT2D eigenvalue weighted by molar-refractivity contribution is -0.144. The lowest BCUT2D eigenvalue weighted by atomic mass is 9.80. The van der Waals surface area contributed by atoms with Gasteiger partial charge in [0.05, 0.1) is 13.0 Å². The van der Waals surface area contributed by atoms with Gasteiger partial charge in [-0.15, -0.1) is 0 Å². The topological polar surface area (TPSA) is 87.1 Å². The van der Waals surface area contributed by atoms with Crippen molar-refractivity contribution in [3.05, 3.63) is 29.8 Å². The summed E-state index contributed by atoms with van der Waals surface area (Å²) in [5.74, 6) is -1.14. The van der Waals surface area contributed by atoms with Gasteiger partial charge in [-0.2, -0.15) is 0 Å². The highest BCUT2D eigenvalue weighted by Crippen LogP contribution is 2.34.